The van der Waals surface area contributed by atoms with Crippen molar-refractivity contribution in [3.8, 4) is 5.69 Å². The van der Waals surface area contributed by atoms with Crippen molar-refractivity contribution in [2.75, 3.05) is 5.32 Å². The van der Waals surface area contributed by atoms with Crippen molar-refractivity contribution < 1.29 is 9.59 Å². The molecule has 3 aromatic rings. The smallest absolute Gasteiger partial charge is 0.318 e. The number of halogens is 1. The van der Waals surface area contributed by atoms with Gasteiger partial charge in [-0.2, -0.15) is 5.10 Å². The fraction of sp³-hybridized carbons (Fsp3) is 0.0952. The number of hydrogen-bond donors (Lipinski definition) is 2. The molecular formula is C21H19BrN4O2. The van der Waals surface area contributed by atoms with Crippen LogP contribution in [0.3, 0.4) is 0 Å². The Bertz CT molecular complexity index is 1040. The van der Waals surface area contributed by atoms with Crippen LogP contribution in [0.5, 0.6) is 0 Å². The number of aromatic nitrogens is 1. The van der Waals surface area contributed by atoms with E-state index in [0.717, 1.165) is 22.6 Å². The molecule has 7 heteroatoms. The molecule has 0 aliphatic rings. The molecule has 28 heavy (non-hydrogen) atoms. The Morgan fingerprint density at radius 2 is 1.68 bits per heavy atom. The molecule has 3 rings (SSSR count). The van der Waals surface area contributed by atoms with Gasteiger partial charge in [0.1, 0.15) is 0 Å². The highest BCUT2D eigenvalue weighted by atomic mass is 79.9. The fourth-order valence-corrected chi connectivity index (χ4v) is 3.23. The number of nitrogens with one attached hydrogen (secondary N) is 2. The highest BCUT2D eigenvalue weighted by Crippen LogP contribution is 2.21. The Morgan fingerprint density at radius 1 is 1.00 bits per heavy atom. The lowest BCUT2D eigenvalue weighted by Crippen LogP contribution is -2.32. The summed E-state index contributed by atoms with van der Waals surface area (Å²) in [5, 5.41) is 6.45. The first-order valence-electron chi connectivity index (χ1n) is 8.60. The molecular weight excluding hydrogens is 420 g/mol. The van der Waals surface area contributed by atoms with Gasteiger partial charge in [-0.05, 0) is 60.1 Å². The van der Waals surface area contributed by atoms with E-state index >= 15 is 0 Å². The zero-order chi connectivity index (χ0) is 20.1. The van der Waals surface area contributed by atoms with E-state index in [9.17, 15) is 9.59 Å². The summed E-state index contributed by atoms with van der Waals surface area (Å²) >= 11 is 3.32. The summed E-state index contributed by atoms with van der Waals surface area (Å²) in [6.45, 7) is 3.98. The van der Waals surface area contributed by atoms with Gasteiger partial charge >= 0.3 is 11.8 Å². The minimum absolute atomic E-state index is 0.512. The minimum atomic E-state index is -0.844. The lowest BCUT2D eigenvalue weighted by Gasteiger charge is -2.09. The average molecular weight is 439 g/mol. The Labute approximate surface area is 171 Å². The molecule has 6 nitrogen and oxygen atoms in total. The molecule has 2 amide bonds. The molecule has 2 N–H and O–H groups in total. The fourth-order valence-electron chi connectivity index (χ4n) is 2.85. The van der Waals surface area contributed by atoms with Crippen molar-refractivity contribution in [2.24, 2.45) is 5.10 Å². The molecule has 0 saturated carbocycles. The predicted molar refractivity (Wildman–Crippen MR) is 114 cm³/mol. The number of para-hydroxylation sites is 2. The van der Waals surface area contributed by atoms with Gasteiger partial charge < -0.3 is 9.88 Å². The van der Waals surface area contributed by atoms with Crippen molar-refractivity contribution in [1.82, 2.24) is 9.99 Å². The van der Waals surface area contributed by atoms with Gasteiger partial charge in [-0.3, -0.25) is 9.59 Å². The van der Waals surface area contributed by atoms with Crippen LogP contribution >= 0.6 is 15.9 Å². The second-order valence-corrected chi connectivity index (χ2v) is 6.98. The average Bonchev–Trinajstić information content (AvgIpc) is 2.97. The standard InChI is InChI=1S/C21H19BrN4O2/c1-14-12-16(15(2)26(14)17-8-4-3-5-9-17)13-23-25-21(28)20(27)24-19-11-7-6-10-18(19)22/h3-13H,1-2H3,(H,24,27)(H,25,28)/b23-13-. The third kappa shape index (κ3) is 4.37. The summed E-state index contributed by atoms with van der Waals surface area (Å²) < 4.78 is 2.79. The van der Waals surface area contributed by atoms with Gasteiger partial charge in [-0.15, -0.1) is 0 Å². The molecule has 0 aliphatic carbocycles. The lowest BCUT2D eigenvalue weighted by atomic mass is 10.2. The first-order valence-corrected chi connectivity index (χ1v) is 9.40. The molecule has 142 valence electrons. The first kappa shape index (κ1) is 19.6. The number of carbonyl (C=O) groups excluding carboxylic acids is 2. The van der Waals surface area contributed by atoms with E-state index < -0.39 is 11.8 Å². The first-order chi connectivity index (χ1) is 13.5. The van der Waals surface area contributed by atoms with Gasteiger partial charge in [-0.25, -0.2) is 5.43 Å². The number of nitrogens with zero attached hydrogens (tertiary/aromatic N) is 2. The van der Waals surface area contributed by atoms with Crippen LogP contribution in [0.4, 0.5) is 5.69 Å². The quantitative estimate of drug-likeness (QED) is 0.367. The van der Waals surface area contributed by atoms with Gasteiger partial charge in [0.2, 0.25) is 0 Å². The zero-order valence-corrected chi connectivity index (χ0v) is 17.0. The van der Waals surface area contributed by atoms with Crippen molar-refractivity contribution >= 4 is 39.6 Å². The summed E-state index contributed by atoms with van der Waals surface area (Å²) in [4.78, 5) is 24.0. The highest BCUT2D eigenvalue weighted by molar-refractivity contribution is 9.10. The molecule has 1 heterocycles. The number of rotatable bonds is 4. The van der Waals surface area contributed by atoms with Gasteiger partial charge in [0.25, 0.3) is 0 Å². The Kier molecular flexibility index (Phi) is 6.06. The number of hydrogen-bond acceptors (Lipinski definition) is 3. The lowest BCUT2D eigenvalue weighted by molar-refractivity contribution is -0.136. The van der Waals surface area contributed by atoms with E-state index in [0.29, 0.717) is 10.2 Å². The zero-order valence-electron chi connectivity index (χ0n) is 15.4. The number of benzene rings is 2. The minimum Gasteiger partial charge on any atom is -0.318 e. The third-order valence-electron chi connectivity index (χ3n) is 4.18. The normalized spacial score (nSPS) is 10.8. The van der Waals surface area contributed by atoms with E-state index in [2.05, 4.69) is 36.3 Å². The molecule has 0 aliphatic heterocycles. The van der Waals surface area contributed by atoms with Gasteiger partial charge in [0, 0.05) is 27.1 Å². The molecule has 0 unspecified atom stereocenters. The second-order valence-electron chi connectivity index (χ2n) is 6.13. The van der Waals surface area contributed by atoms with Crippen LogP contribution in [0.25, 0.3) is 5.69 Å². The Morgan fingerprint density at radius 3 is 2.39 bits per heavy atom. The van der Waals surface area contributed by atoms with Crippen molar-refractivity contribution in [3.05, 3.63) is 82.1 Å². The maximum atomic E-state index is 12.0. The summed E-state index contributed by atoms with van der Waals surface area (Å²) in [6.07, 6.45) is 1.53. The largest absolute Gasteiger partial charge is 0.329 e. The molecule has 0 spiro atoms. The topological polar surface area (TPSA) is 75.5 Å². The number of carbonyl (C=O) groups is 2. The van der Waals surface area contributed by atoms with Gasteiger partial charge in [-0.1, -0.05) is 30.3 Å². The molecule has 0 bridgehead atoms. The van der Waals surface area contributed by atoms with Crippen LogP contribution in [-0.4, -0.2) is 22.6 Å². The Hall–Kier alpha value is -3.19. The number of anilines is 1. The van der Waals surface area contributed by atoms with Crippen LogP contribution in [-0.2, 0) is 9.59 Å². The molecule has 0 saturated heterocycles. The highest BCUT2D eigenvalue weighted by Gasteiger charge is 2.14. The molecule has 0 radical (unpaired) electrons. The van der Waals surface area contributed by atoms with Crippen LogP contribution in [0.2, 0.25) is 0 Å². The van der Waals surface area contributed by atoms with E-state index in [-0.39, 0.29) is 0 Å². The SMILES string of the molecule is Cc1cc(/C=N\NC(=O)C(=O)Nc2ccccc2Br)c(C)n1-c1ccccc1. The molecule has 0 atom stereocenters. The summed E-state index contributed by atoms with van der Waals surface area (Å²) in [6, 6.07) is 19.0. The number of hydrazone groups is 1. The summed E-state index contributed by atoms with van der Waals surface area (Å²) in [7, 11) is 0. The van der Waals surface area contributed by atoms with E-state index in [1.807, 2.05) is 56.3 Å². The summed E-state index contributed by atoms with van der Waals surface area (Å²) in [5.74, 6) is -1.64. The van der Waals surface area contributed by atoms with Crippen LogP contribution in [0.15, 0.2) is 70.2 Å². The van der Waals surface area contributed by atoms with Crippen LogP contribution < -0.4 is 10.7 Å². The van der Waals surface area contributed by atoms with Crippen LogP contribution in [0, 0.1) is 13.8 Å². The molecule has 2 aromatic carbocycles. The monoisotopic (exact) mass is 438 g/mol. The predicted octanol–water partition coefficient (Wildman–Crippen LogP) is 3.95. The Balaban J connectivity index is 1.67. The van der Waals surface area contributed by atoms with Gasteiger partial charge in [0.15, 0.2) is 0 Å². The van der Waals surface area contributed by atoms with Crippen molar-refractivity contribution in [2.45, 2.75) is 13.8 Å². The number of amides is 2. The van der Waals surface area contributed by atoms with Crippen molar-refractivity contribution in [3.63, 3.8) is 0 Å². The maximum absolute atomic E-state index is 12.0. The van der Waals surface area contributed by atoms with Crippen LogP contribution in [0.1, 0.15) is 17.0 Å². The van der Waals surface area contributed by atoms with E-state index in [1.54, 1.807) is 18.2 Å². The molecule has 0 fully saturated rings. The maximum Gasteiger partial charge on any atom is 0.329 e. The third-order valence-corrected chi connectivity index (χ3v) is 4.87. The molecule has 1 aromatic heterocycles. The van der Waals surface area contributed by atoms with E-state index in [1.165, 1.54) is 6.21 Å². The summed E-state index contributed by atoms with van der Waals surface area (Å²) in [5.41, 5.74) is 6.71. The van der Waals surface area contributed by atoms with Gasteiger partial charge in [0.05, 0.1) is 11.9 Å². The van der Waals surface area contributed by atoms with E-state index in [4.69, 9.17) is 0 Å². The number of aryl methyl sites for hydroxylation is 1. The van der Waals surface area contributed by atoms with Crippen molar-refractivity contribution in [1.29, 1.82) is 0 Å². The second kappa shape index (κ2) is 8.67.